The molecule has 0 fully saturated rings. The molecule has 0 unspecified atom stereocenters. The van der Waals surface area contributed by atoms with E-state index in [9.17, 15) is 9.59 Å². The van der Waals surface area contributed by atoms with Crippen molar-refractivity contribution in [1.29, 1.82) is 0 Å². The Morgan fingerprint density at radius 1 is 1.00 bits per heavy atom. The lowest BCUT2D eigenvalue weighted by Gasteiger charge is -2.10. The molecule has 132 valence electrons. The zero-order chi connectivity index (χ0) is 18.4. The van der Waals surface area contributed by atoms with Gasteiger partial charge < -0.3 is 14.8 Å². The number of carbonyl (C=O) groups is 2. The summed E-state index contributed by atoms with van der Waals surface area (Å²) >= 11 is 1.37. The van der Waals surface area contributed by atoms with Gasteiger partial charge in [0.25, 0.3) is 5.91 Å². The molecule has 0 spiro atoms. The van der Waals surface area contributed by atoms with E-state index in [4.69, 9.17) is 9.47 Å². The minimum Gasteiger partial charge on any atom is -0.493 e. The van der Waals surface area contributed by atoms with Gasteiger partial charge in [0.15, 0.2) is 0 Å². The number of thiophene rings is 1. The Kier molecular flexibility index (Phi) is 5.66. The molecule has 5 nitrogen and oxygen atoms in total. The van der Waals surface area contributed by atoms with Crippen LogP contribution in [0.3, 0.4) is 0 Å². The van der Waals surface area contributed by atoms with Crippen LogP contribution < -0.4 is 14.8 Å². The molecule has 2 aromatic carbocycles. The minimum atomic E-state index is -0.496. The zero-order valence-corrected chi connectivity index (χ0v) is 14.9. The molecule has 0 radical (unpaired) electrons. The molecule has 3 rings (SSSR count). The van der Waals surface area contributed by atoms with Gasteiger partial charge in [0.1, 0.15) is 17.1 Å². The smallest absolute Gasteiger partial charge is 0.347 e. The van der Waals surface area contributed by atoms with E-state index in [2.05, 4.69) is 5.32 Å². The quantitative estimate of drug-likeness (QED) is 0.510. The molecule has 1 aromatic heterocycles. The fraction of sp³-hybridized carbons (Fsp3) is 0.100. The molecule has 0 saturated carbocycles. The molecule has 1 heterocycles. The van der Waals surface area contributed by atoms with Crippen molar-refractivity contribution in [2.75, 3.05) is 11.9 Å². The number of amides is 1. The van der Waals surface area contributed by atoms with E-state index in [0.717, 1.165) is 0 Å². The third-order valence-electron chi connectivity index (χ3n) is 3.47. The van der Waals surface area contributed by atoms with Crippen LogP contribution in [-0.2, 0) is 0 Å². The monoisotopic (exact) mass is 367 g/mol. The number of hydrogen-bond acceptors (Lipinski definition) is 5. The van der Waals surface area contributed by atoms with E-state index in [1.54, 1.807) is 54.6 Å². The van der Waals surface area contributed by atoms with Crippen molar-refractivity contribution < 1.29 is 19.1 Å². The van der Waals surface area contributed by atoms with Crippen molar-refractivity contribution in [3.63, 3.8) is 0 Å². The summed E-state index contributed by atoms with van der Waals surface area (Å²) in [7, 11) is 0. The van der Waals surface area contributed by atoms with Crippen molar-refractivity contribution >= 4 is 28.9 Å². The highest BCUT2D eigenvalue weighted by Gasteiger charge is 2.14. The summed E-state index contributed by atoms with van der Waals surface area (Å²) in [6.07, 6.45) is 0. The minimum absolute atomic E-state index is 0.171. The van der Waals surface area contributed by atoms with Crippen molar-refractivity contribution in [1.82, 2.24) is 0 Å². The molecular weight excluding hydrogens is 350 g/mol. The van der Waals surface area contributed by atoms with E-state index < -0.39 is 5.97 Å². The van der Waals surface area contributed by atoms with E-state index in [0.29, 0.717) is 34.2 Å². The van der Waals surface area contributed by atoms with Crippen LogP contribution in [0, 0.1) is 0 Å². The first-order valence-electron chi connectivity index (χ1n) is 8.06. The van der Waals surface area contributed by atoms with Crippen LogP contribution in [-0.4, -0.2) is 18.5 Å². The number of hydrogen-bond donors (Lipinski definition) is 1. The van der Waals surface area contributed by atoms with E-state index in [1.165, 1.54) is 11.3 Å². The Bertz CT molecular complexity index is 888. The Morgan fingerprint density at radius 3 is 2.46 bits per heavy atom. The van der Waals surface area contributed by atoms with Gasteiger partial charge in [-0.2, -0.15) is 0 Å². The summed E-state index contributed by atoms with van der Waals surface area (Å²) in [6, 6.07) is 17.1. The van der Waals surface area contributed by atoms with E-state index in [1.807, 2.05) is 18.4 Å². The number of esters is 1. The number of anilines is 1. The number of benzene rings is 2. The molecule has 0 atom stereocenters. The van der Waals surface area contributed by atoms with Crippen LogP contribution >= 0.6 is 11.3 Å². The fourth-order valence-electron chi connectivity index (χ4n) is 2.29. The predicted molar refractivity (Wildman–Crippen MR) is 101 cm³/mol. The summed E-state index contributed by atoms with van der Waals surface area (Å²) in [5, 5.41) is 4.64. The maximum absolute atomic E-state index is 12.4. The Labute approximate surface area is 155 Å². The molecule has 26 heavy (non-hydrogen) atoms. The van der Waals surface area contributed by atoms with Crippen molar-refractivity contribution in [2.45, 2.75) is 6.92 Å². The molecule has 0 saturated heterocycles. The number of rotatable bonds is 6. The Balaban J connectivity index is 1.66. The van der Waals surface area contributed by atoms with Gasteiger partial charge in [-0.25, -0.2) is 4.79 Å². The van der Waals surface area contributed by atoms with Crippen LogP contribution in [0.2, 0.25) is 0 Å². The fourth-order valence-corrected chi connectivity index (χ4v) is 2.90. The average molecular weight is 367 g/mol. The van der Waals surface area contributed by atoms with Crippen LogP contribution in [0.15, 0.2) is 66.0 Å². The zero-order valence-electron chi connectivity index (χ0n) is 14.1. The third kappa shape index (κ3) is 4.29. The second-order valence-electron chi connectivity index (χ2n) is 5.27. The normalized spacial score (nSPS) is 10.2. The van der Waals surface area contributed by atoms with Gasteiger partial charge in [-0.3, -0.25) is 4.79 Å². The molecule has 0 bridgehead atoms. The first kappa shape index (κ1) is 17.7. The molecule has 0 aliphatic carbocycles. The SMILES string of the molecule is CCOc1ccccc1C(=O)Oc1ccc(NC(=O)c2cccs2)cc1. The van der Waals surface area contributed by atoms with E-state index >= 15 is 0 Å². The lowest BCUT2D eigenvalue weighted by Crippen LogP contribution is -2.11. The van der Waals surface area contributed by atoms with Crippen LogP contribution in [0.25, 0.3) is 0 Å². The molecule has 0 aliphatic rings. The molecule has 1 amide bonds. The lowest BCUT2D eigenvalue weighted by atomic mass is 10.2. The second-order valence-corrected chi connectivity index (χ2v) is 6.22. The molecular formula is C20H17NO4S. The van der Waals surface area contributed by atoms with Crippen molar-refractivity contribution in [2.24, 2.45) is 0 Å². The van der Waals surface area contributed by atoms with Gasteiger partial charge in [0.2, 0.25) is 0 Å². The van der Waals surface area contributed by atoms with Gasteiger partial charge in [0, 0.05) is 5.69 Å². The Hall–Kier alpha value is -3.12. The molecule has 0 aliphatic heterocycles. The Morgan fingerprint density at radius 2 is 1.77 bits per heavy atom. The summed E-state index contributed by atoms with van der Waals surface area (Å²) in [6.45, 7) is 2.31. The summed E-state index contributed by atoms with van der Waals surface area (Å²) in [5.41, 5.74) is 0.988. The van der Waals surface area contributed by atoms with Gasteiger partial charge in [0.05, 0.1) is 11.5 Å². The predicted octanol–water partition coefficient (Wildman–Crippen LogP) is 4.62. The highest BCUT2D eigenvalue weighted by molar-refractivity contribution is 7.12. The highest BCUT2D eigenvalue weighted by Crippen LogP contribution is 2.22. The maximum Gasteiger partial charge on any atom is 0.347 e. The van der Waals surface area contributed by atoms with Crippen molar-refractivity contribution in [3.8, 4) is 11.5 Å². The third-order valence-corrected chi connectivity index (χ3v) is 4.34. The van der Waals surface area contributed by atoms with Crippen LogP contribution in [0.1, 0.15) is 27.0 Å². The van der Waals surface area contributed by atoms with Crippen LogP contribution in [0.4, 0.5) is 5.69 Å². The number of ether oxygens (including phenoxy) is 2. The number of nitrogens with one attached hydrogen (secondary N) is 1. The van der Waals surface area contributed by atoms with Crippen LogP contribution in [0.5, 0.6) is 11.5 Å². The topological polar surface area (TPSA) is 64.6 Å². The molecule has 3 aromatic rings. The molecule has 6 heteroatoms. The summed E-state index contributed by atoms with van der Waals surface area (Å²) in [4.78, 5) is 25.0. The lowest BCUT2D eigenvalue weighted by molar-refractivity contribution is 0.0730. The summed E-state index contributed by atoms with van der Waals surface area (Å²) in [5.74, 6) is 0.204. The highest BCUT2D eigenvalue weighted by atomic mass is 32.1. The standard InChI is InChI=1S/C20H17NO4S/c1-2-24-17-7-4-3-6-16(17)20(23)25-15-11-9-14(10-12-15)21-19(22)18-8-5-13-26-18/h3-13H,2H2,1H3,(H,21,22). The van der Waals surface area contributed by atoms with Crippen molar-refractivity contribution in [3.05, 3.63) is 76.5 Å². The maximum atomic E-state index is 12.4. The second kappa shape index (κ2) is 8.31. The largest absolute Gasteiger partial charge is 0.493 e. The van der Waals surface area contributed by atoms with Gasteiger partial charge in [-0.15, -0.1) is 11.3 Å². The first-order chi connectivity index (χ1) is 12.7. The molecule has 1 N–H and O–H groups in total. The average Bonchev–Trinajstić information content (AvgIpc) is 3.19. The first-order valence-corrected chi connectivity index (χ1v) is 8.94. The number of carbonyl (C=O) groups excluding carboxylic acids is 2. The van der Waals surface area contributed by atoms with Gasteiger partial charge in [-0.05, 0) is 54.8 Å². The van der Waals surface area contributed by atoms with E-state index in [-0.39, 0.29) is 5.91 Å². The summed E-state index contributed by atoms with van der Waals surface area (Å²) < 4.78 is 10.8. The van der Waals surface area contributed by atoms with Gasteiger partial charge in [-0.1, -0.05) is 18.2 Å². The van der Waals surface area contributed by atoms with Gasteiger partial charge >= 0.3 is 5.97 Å². The number of para-hydroxylation sites is 1.